The molecular formula is C18H30N2S. The molecule has 3 heteroatoms. The summed E-state index contributed by atoms with van der Waals surface area (Å²) in [5, 5.41) is 1.23. The molecule has 0 saturated heterocycles. The summed E-state index contributed by atoms with van der Waals surface area (Å²) in [6.45, 7) is 9.46. The quantitative estimate of drug-likeness (QED) is 0.819. The van der Waals surface area contributed by atoms with Crippen LogP contribution in [0.15, 0.2) is 0 Å². The molecule has 1 fully saturated rings. The maximum Gasteiger partial charge on any atom is 0.113 e. The Morgan fingerprint density at radius 2 is 2.05 bits per heavy atom. The van der Waals surface area contributed by atoms with Crippen LogP contribution in [0.2, 0.25) is 0 Å². The zero-order valence-corrected chi connectivity index (χ0v) is 14.9. The topological polar surface area (TPSA) is 38.9 Å². The Kier molecular flexibility index (Phi) is 3.94. The first-order chi connectivity index (χ1) is 9.78. The highest BCUT2D eigenvalue weighted by Crippen LogP contribution is 2.44. The van der Waals surface area contributed by atoms with Crippen molar-refractivity contribution in [3.05, 3.63) is 15.6 Å². The van der Waals surface area contributed by atoms with Gasteiger partial charge in [0.25, 0.3) is 0 Å². The first-order valence-electron chi connectivity index (χ1n) is 8.56. The van der Waals surface area contributed by atoms with Crippen LogP contribution >= 0.6 is 11.3 Å². The lowest BCUT2D eigenvalue weighted by Gasteiger charge is -2.35. The van der Waals surface area contributed by atoms with Gasteiger partial charge in [-0.25, -0.2) is 4.98 Å². The van der Waals surface area contributed by atoms with Gasteiger partial charge in [0.1, 0.15) is 5.01 Å². The average Bonchev–Trinajstić information content (AvgIpc) is 2.80. The van der Waals surface area contributed by atoms with Gasteiger partial charge < -0.3 is 5.73 Å². The summed E-state index contributed by atoms with van der Waals surface area (Å²) in [4.78, 5) is 6.52. The molecule has 2 nitrogen and oxygen atoms in total. The summed E-state index contributed by atoms with van der Waals surface area (Å²) >= 11 is 1.93. The lowest BCUT2D eigenvalue weighted by atomic mass is 9.73. The summed E-state index contributed by atoms with van der Waals surface area (Å²) in [5.41, 5.74) is 8.37. The average molecular weight is 307 g/mol. The van der Waals surface area contributed by atoms with Gasteiger partial charge >= 0.3 is 0 Å². The molecular weight excluding hydrogens is 276 g/mol. The Labute approximate surface area is 133 Å². The van der Waals surface area contributed by atoms with Crippen LogP contribution in [0.1, 0.15) is 75.4 Å². The fourth-order valence-electron chi connectivity index (χ4n) is 4.11. The van der Waals surface area contributed by atoms with Gasteiger partial charge in [-0.2, -0.15) is 0 Å². The Morgan fingerprint density at radius 1 is 1.29 bits per heavy atom. The van der Waals surface area contributed by atoms with Crippen LogP contribution in [0.4, 0.5) is 0 Å². The maximum atomic E-state index is 6.75. The van der Waals surface area contributed by atoms with E-state index in [0.717, 1.165) is 31.1 Å². The van der Waals surface area contributed by atoms with Crippen LogP contribution in [0.5, 0.6) is 0 Å². The van der Waals surface area contributed by atoms with Crippen LogP contribution in [0, 0.1) is 17.3 Å². The molecule has 118 valence electrons. The van der Waals surface area contributed by atoms with Crippen molar-refractivity contribution >= 4 is 11.3 Å². The summed E-state index contributed by atoms with van der Waals surface area (Å²) in [7, 11) is 0. The van der Waals surface area contributed by atoms with Crippen molar-refractivity contribution in [2.45, 2.75) is 78.2 Å². The molecule has 0 aliphatic heterocycles. The Balaban J connectivity index is 1.83. The number of hydrogen-bond donors (Lipinski definition) is 1. The minimum atomic E-state index is -0.142. The van der Waals surface area contributed by atoms with Crippen molar-refractivity contribution in [2.75, 3.05) is 0 Å². The molecule has 0 spiro atoms. The number of aryl methyl sites for hydroxylation is 1. The van der Waals surface area contributed by atoms with E-state index in [-0.39, 0.29) is 5.54 Å². The number of nitrogens with zero attached hydrogens (tertiary/aromatic N) is 1. The molecule has 1 heterocycles. The molecule has 0 radical (unpaired) electrons. The third-order valence-electron chi connectivity index (χ3n) is 5.62. The van der Waals surface area contributed by atoms with Gasteiger partial charge in [0.05, 0.1) is 11.2 Å². The molecule has 21 heavy (non-hydrogen) atoms. The fraction of sp³-hybridized carbons (Fsp3) is 0.833. The van der Waals surface area contributed by atoms with Gasteiger partial charge in [-0.05, 0) is 49.4 Å². The van der Waals surface area contributed by atoms with E-state index in [4.69, 9.17) is 10.7 Å². The second-order valence-electron chi connectivity index (χ2n) is 8.55. The van der Waals surface area contributed by atoms with Crippen molar-refractivity contribution in [3.63, 3.8) is 0 Å². The zero-order valence-electron chi connectivity index (χ0n) is 14.0. The predicted molar refractivity (Wildman–Crippen MR) is 90.6 cm³/mol. The summed E-state index contributed by atoms with van der Waals surface area (Å²) in [6, 6.07) is 0. The van der Waals surface area contributed by atoms with E-state index in [1.807, 2.05) is 11.3 Å². The smallest absolute Gasteiger partial charge is 0.113 e. The van der Waals surface area contributed by atoms with Gasteiger partial charge in [-0.1, -0.05) is 40.5 Å². The van der Waals surface area contributed by atoms with E-state index < -0.39 is 0 Å². The van der Waals surface area contributed by atoms with Crippen molar-refractivity contribution in [1.29, 1.82) is 0 Å². The second-order valence-corrected chi connectivity index (χ2v) is 9.64. The van der Waals surface area contributed by atoms with Gasteiger partial charge in [0, 0.05) is 4.88 Å². The van der Waals surface area contributed by atoms with Crippen LogP contribution in [0.3, 0.4) is 0 Å². The lowest BCUT2D eigenvalue weighted by molar-refractivity contribution is 0.216. The van der Waals surface area contributed by atoms with E-state index in [1.165, 1.54) is 41.3 Å². The molecule has 3 unspecified atom stereocenters. The Bertz CT molecular complexity index is 514. The van der Waals surface area contributed by atoms with E-state index in [0.29, 0.717) is 5.41 Å². The molecule has 2 aliphatic rings. The zero-order chi connectivity index (χ0) is 15.3. The Morgan fingerprint density at radius 3 is 2.71 bits per heavy atom. The summed E-state index contributed by atoms with van der Waals surface area (Å²) in [6.07, 6.45) is 8.46. The maximum absolute atomic E-state index is 6.75. The van der Waals surface area contributed by atoms with Gasteiger partial charge in [0.2, 0.25) is 0 Å². The minimum absolute atomic E-state index is 0.142. The highest BCUT2D eigenvalue weighted by molar-refractivity contribution is 7.11. The van der Waals surface area contributed by atoms with Gasteiger partial charge in [-0.15, -0.1) is 11.3 Å². The summed E-state index contributed by atoms with van der Waals surface area (Å²) in [5.74, 6) is 1.53. The van der Waals surface area contributed by atoms with Crippen molar-refractivity contribution < 1.29 is 0 Å². The number of fused-ring (bicyclic) bond motifs is 1. The van der Waals surface area contributed by atoms with Gasteiger partial charge in [0.15, 0.2) is 0 Å². The summed E-state index contributed by atoms with van der Waals surface area (Å²) < 4.78 is 0. The van der Waals surface area contributed by atoms with E-state index >= 15 is 0 Å². The first-order valence-corrected chi connectivity index (χ1v) is 9.37. The highest BCUT2D eigenvalue weighted by atomic mass is 32.1. The lowest BCUT2D eigenvalue weighted by Crippen LogP contribution is -2.40. The van der Waals surface area contributed by atoms with Gasteiger partial charge in [-0.3, -0.25) is 0 Å². The number of thiazole rings is 1. The first kappa shape index (κ1) is 15.5. The molecule has 2 aliphatic carbocycles. The van der Waals surface area contributed by atoms with Crippen molar-refractivity contribution in [1.82, 2.24) is 4.98 Å². The van der Waals surface area contributed by atoms with Crippen LogP contribution in [-0.2, 0) is 18.4 Å². The SMILES string of the molecule is CC1CCCC(N)(c2nc3c(s2)CC(C(C)(C)C)CC3)C1. The number of aromatic nitrogens is 1. The Hall–Kier alpha value is -0.410. The molecule has 3 rings (SSSR count). The molecule has 1 saturated carbocycles. The van der Waals surface area contributed by atoms with Crippen molar-refractivity contribution in [3.8, 4) is 0 Å². The fourth-order valence-corrected chi connectivity index (χ4v) is 5.44. The minimum Gasteiger partial charge on any atom is -0.319 e. The molecule has 0 amide bonds. The third kappa shape index (κ3) is 3.05. The third-order valence-corrected chi connectivity index (χ3v) is 6.96. The normalized spacial score (nSPS) is 33.8. The standard InChI is InChI=1S/C18H30N2S/c1-12-6-5-9-18(19,11-12)16-20-14-8-7-13(17(2,3)4)10-15(14)21-16/h12-13H,5-11,19H2,1-4H3. The van der Waals surface area contributed by atoms with Crippen LogP contribution in [-0.4, -0.2) is 4.98 Å². The molecule has 1 aromatic heterocycles. The second kappa shape index (κ2) is 5.34. The highest BCUT2D eigenvalue weighted by Gasteiger charge is 2.38. The van der Waals surface area contributed by atoms with Crippen molar-refractivity contribution in [2.24, 2.45) is 23.0 Å². The molecule has 0 aromatic carbocycles. The molecule has 0 bridgehead atoms. The molecule has 3 atom stereocenters. The number of nitrogens with two attached hydrogens (primary N) is 1. The number of rotatable bonds is 1. The van der Waals surface area contributed by atoms with Crippen LogP contribution in [0.25, 0.3) is 0 Å². The molecule has 1 aromatic rings. The van der Waals surface area contributed by atoms with E-state index in [9.17, 15) is 0 Å². The van der Waals surface area contributed by atoms with E-state index in [1.54, 1.807) is 0 Å². The largest absolute Gasteiger partial charge is 0.319 e. The van der Waals surface area contributed by atoms with E-state index in [2.05, 4.69) is 27.7 Å². The van der Waals surface area contributed by atoms with Crippen LogP contribution < -0.4 is 5.73 Å². The predicted octanol–water partition coefficient (Wildman–Crippen LogP) is 4.66. The number of hydrogen-bond acceptors (Lipinski definition) is 3. The molecule has 2 N–H and O–H groups in total. The monoisotopic (exact) mass is 306 g/mol.